The topological polar surface area (TPSA) is 58.4 Å². The van der Waals surface area contributed by atoms with Gasteiger partial charge in [-0.05, 0) is 63.5 Å². The third kappa shape index (κ3) is 3.73. The number of piperidine rings is 1. The van der Waals surface area contributed by atoms with Gasteiger partial charge in [-0.3, -0.25) is 4.79 Å². The lowest BCUT2D eigenvalue weighted by molar-refractivity contribution is 0.101. The van der Waals surface area contributed by atoms with Crippen molar-refractivity contribution < 1.29 is 4.79 Å². The SMILES string of the molecule is CCN1CCC(CNc2ccc(C(C)=O)c(N)c2)CC1. The standard InChI is InChI=1S/C16H25N3O/c1-3-19-8-6-13(7-9-19)11-18-14-4-5-15(12(2)20)16(17)10-14/h4-5,10,13,18H,3,6-9,11,17H2,1-2H3. The van der Waals surface area contributed by atoms with Gasteiger partial charge in [0.1, 0.15) is 0 Å². The van der Waals surface area contributed by atoms with Crippen LogP contribution >= 0.6 is 0 Å². The molecule has 1 saturated heterocycles. The van der Waals surface area contributed by atoms with Gasteiger partial charge in [0.25, 0.3) is 0 Å². The summed E-state index contributed by atoms with van der Waals surface area (Å²) in [6.07, 6.45) is 2.50. The summed E-state index contributed by atoms with van der Waals surface area (Å²) in [5.41, 5.74) is 8.07. The van der Waals surface area contributed by atoms with Gasteiger partial charge in [0, 0.05) is 23.5 Å². The number of carbonyl (C=O) groups excluding carboxylic acids is 1. The van der Waals surface area contributed by atoms with Crippen LogP contribution in [0.15, 0.2) is 18.2 Å². The minimum atomic E-state index is 0.0148. The first-order valence-corrected chi connectivity index (χ1v) is 7.46. The van der Waals surface area contributed by atoms with Crippen LogP contribution in [0, 0.1) is 5.92 Å². The number of nitrogens with one attached hydrogen (secondary N) is 1. The molecule has 0 aliphatic carbocycles. The molecule has 4 nitrogen and oxygen atoms in total. The second-order valence-electron chi connectivity index (χ2n) is 5.62. The summed E-state index contributed by atoms with van der Waals surface area (Å²) < 4.78 is 0. The molecule has 3 N–H and O–H groups in total. The molecule has 1 fully saturated rings. The van der Waals surface area contributed by atoms with Crippen molar-refractivity contribution in [3.63, 3.8) is 0 Å². The van der Waals surface area contributed by atoms with Crippen molar-refractivity contribution >= 4 is 17.2 Å². The Hall–Kier alpha value is -1.55. The van der Waals surface area contributed by atoms with Gasteiger partial charge in [-0.25, -0.2) is 0 Å². The number of likely N-dealkylation sites (tertiary alicyclic amines) is 1. The zero-order valence-electron chi connectivity index (χ0n) is 12.5. The molecule has 1 heterocycles. The van der Waals surface area contributed by atoms with E-state index in [1.807, 2.05) is 12.1 Å². The molecule has 0 saturated carbocycles. The summed E-state index contributed by atoms with van der Waals surface area (Å²) in [5.74, 6) is 0.743. The molecular weight excluding hydrogens is 250 g/mol. The van der Waals surface area contributed by atoms with Crippen LogP contribution in [-0.4, -0.2) is 36.9 Å². The van der Waals surface area contributed by atoms with E-state index >= 15 is 0 Å². The Morgan fingerprint density at radius 3 is 2.65 bits per heavy atom. The van der Waals surface area contributed by atoms with Gasteiger partial charge in [-0.15, -0.1) is 0 Å². The average molecular weight is 275 g/mol. The van der Waals surface area contributed by atoms with Crippen molar-refractivity contribution in [2.45, 2.75) is 26.7 Å². The number of nitrogen functional groups attached to an aromatic ring is 1. The molecule has 0 unspecified atom stereocenters. The smallest absolute Gasteiger partial charge is 0.161 e. The normalized spacial score (nSPS) is 17.1. The summed E-state index contributed by atoms with van der Waals surface area (Å²) in [4.78, 5) is 13.8. The highest BCUT2D eigenvalue weighted by molar-refractivity contribution is 5.99. The number of anilines is 2. The van der Waals surface area contributed by atoms with Crippen molar-refractivity contribution in [2.75, 3.05) is 37.2 Å². The molecule has 1 aliphatic heterocycles. The highest BCUT2D eigenvalue weighted by atomic mass is 16.1. The zero-order valence-corrected chi connectivity index (χ0v) is 12.5. The van der Waals surface area contributed by atoms with Crippen molar-refractivity contribution in [1.29, 1.82) is 0 Å². The summed E-state index contributed by atoms with van der Waals surface area (Å²) >= 11 is 0. The summed E-state index contributed by atoms with van der Waals surface area (Å²) in [5, 5.41) is 3.44. The van der Waals surface area contributed by atoms with Gasteiger partial charge in [-0.2, -0.15) is 0 Å². The molecule has 4 heteroatoms. The number of rotatable bonds is 5. The third-order valence-electron chi connectivity index (χ3n) is 4.18. The quantitative estimate of drug-likeness (QED) is 0.640. The van der Waals surface area contributed by atoms with E-state index in [0.717, 1.165) is 24.7 Å². The maximum Gasteiger partial charge on any atom is 0.161 e. The number of nitrogens with two attached hydrogens (primary N) is 1. The van der Waals surface area contributed by atoms with Crippen LogP contribution in [0.1, 0.15) is 37.0 Å². The Labute approximate surface area is 121 Å². The average Bonchev–Trinajstić information content (AvgIpc) is 2.45. The summed E-state index contributed by atoms with van der Waals surface area (Å²) in [7, 11) is 0. The third-order valence-corrected chi connectivity index (χ3v) is 4.18. The lowest BCUT2D eigenvalue weighted by atomic mass is 9.96. The lowest BCUT2D eigenvalue weighted by Gasteiger charge is -2.31. The Bertz CT molecular complexity index is 465. The Morgan fingerprint density at radius 1 is 1.40 bits per heavy atom. The van der Waals surface area contributed by atoms with Crippen LogP contribution in [-0.2, 0) is 0 Å². The van der Waals surface area contributed by atoms with Crippen LogP contribution in [0.4, 0.5) is 11.4 Å². The molecule has 0 aromatic heterocycles. The van der Waals surface area contributed by atoms with Crippen LogP contribution in [0.25, 0.3) is 0 Å². The fraction of sp³-hybridized carbons (Fsp3) is 0.562. The van der Waals surface area contributed by atoms with Gasteiger partial charge < -0.3 is 16.0 Å². The van der Waals surface area contributed by atoms with Crippen molar-refractivity contribution in [2.24, 2.45) is 5.92 Å². The number of benzene rings is 1. The predicted octanol–water partition coefficient (Wildman–Crippen LogP) is 2.62. The van der Waals surface area contributed by atoms with E-state index in [-0.39, 0.29) is 5.78 Å². The van der Waals surface area contributed by atoms with E-state index in [0.29, 0.717) is 11.3 Å². The number of hydrogen-bond donors (Lipinski definition) is 2. The minimum absolute atomic E-state index is 0.0148. The van der Waals surface area contributed by atoms with Crippen molar-refractivity contribution in [3.8, 4) is 0 Å². The van der Waals surface area contributed by atoms with Gasteiger partial charge in [0.15, 0.2) is 5.78 Å². The fourth-order valence-electron chi connectivity index (χ4n) is 2.76. The van der Waals surface area contributed by atoms with Gasteiger partial charge in [0.2, 0.25) is 0 Å². The van der Waals surface area contributed by atoms with Crippen LogP contribution < -0.4 is 11.1 Å². The molecular formula is C16H25N3O. The molecule has 110 valence electrons. The first kappa shape index (κ1) is 14.9. The first-order chi connectivity index (χ1) is 9.60. The Morgan fingerprint density at radius 2 is 2.10 bits per heavy atom. The minimum Gasteiger partial charge on any atom is -0.398 e. The van der Waals surface area contributed by atoms with E-state index in [1.165, 1.54) is 25.9 Å². The molecule has 20 heavy (non-hydrogen) atoms. The van der Waals surface area contributed by atoms with Crippen LogP contribution in [0.5, 0.6) is 0 Å². The number of nitrogens with zero attached hydrogens (tertiary/aromatic N) is 1. The van der Waals surface area contributed by atoms with Crippen LogP contribution in [0.3, 0.4) is 0 Å². The molecule has 0 radical (unpaired) electrons. The highest BCUT2D eigenvalue weighted by Gasteiger charge is 2.17. The van der Waals surface area contributed by atoms with Crippen LogP contribution in [0.2, 0.25) is 0 Å². The maximum absolute atomic E-state index is 11.3. The van der Waals surface area contributed by atoms with Gasteiger partial charge in [0.05, 0.1) is 0 Å². The Balaban J connectivity index is 1.85. The molecule has 1 aliphatic rings. The van der Waals surface area contributed by atoms with Gasteiger partial charge >= 0.3 is 0 Å². The Kier molecular flexibility index (Phi) is 5.01. The van der Waals surface area contributed by atoms with E-state index in [1.54, 1.807) is 13.0 Å². The molecule has 0 amide bonds. The van der Waals surface area contributed by atoms with E-state index < -0.39 is 0 Å². The monoisotopic (exact) mass is 275 g/mol. The number of Topliss-reactive ketones (excluding diaryl/α,β-unsaturated/α-hetero) is 1. The predicted molar refractivity (Wildman–Crippen MR) is 84.2 cm³/mol. The molecule has 0 bridgehead atoms. The van der Waals surface area contributed by atoms with E-state index in [4.69, 9.17) is 5.73 Å². The molecule has 1 aromatic carbocycles. The van der Waals surface area contributed by atoms with E-state index in [2.05, 4.69) is 17.1 Å². The highest BCUT2D eigenvalue weighted by Crippen LogP contribution is 2.21. The van der Waals surface area contributed by atoms with E-state index in [9.17, 15) is 4.79 Å². The summed E-state index contributed by atoms with van der Waals surface area (Å²) in [6.45, 7) is 8.31. The lowest BCUT2D eigenvalue weighted by Crippen LogP contribution is -2.35. The summed E-state index contributed by atoms with van der Waals surface area (Å²) in [6, 6.07) is 5.60. The largest absolute Gasteiger partial charge is 0.398 e. The molecule has 1 aromatic rings. The molecule has 0 atom stereocenters. The number of hydrogen-bond acceptors (Lipinski definition) is 4. The fourth-order valence-corrected chi connectivity index (χ4v) is 2.76. The zero-order chi connectivity index (χ0) is 14.5. The first-order valence-electron chi connectivity index (χ1n) is 7.46. The second-order valence-corrected chi connectivity index (χ2v) is 5.62. The number of ketones is 1. The van der Waals surface area contributed by atoms with Crippen molar-refractivity contribution in [3.05, 3.63) is 23.8 Å². The molecule has 0 spiro atoms. The second kappa shape index (κ2) is 6.75. The van der Waals surface area contributed by atoms with Crippen molar-refractivity contribution in [1.82, 2.24) is 4.90 Å². The van der Waals surface area contributed by atoms with Gasteiger partial charge in [-0.1, -0.05) is 6.92 Å². The number of carbonyl (C=O) groups is 1. The molecule has 2 rings (SSSR count). The maximum atomic E-state index is 11.3.